The minimum atomic E-state index is -0.286. The SMILES string of the molecule is COCC1CCOCCN1C(=O)C1CC(=O)N(C(C)c2ccccc2)C1. The lowest BCUT2D eigenvalue weighted by atomic mass is 10.0. The zero-order valence-electron chi connectivity index (χ0n) is 15.6. The topological polar surface area (TPSA) is 59.1 Å². The number of likely N-dealkylation sites (tertiary alicyclic amines) is 1. The van der Waals surface area contributed by atoms with Crippen LogP contribution in [0.4, 0.5) is 0 Å². The van der Waals surface area contributed by atoms with Gasteiger partial charge >= 0.3 is 0 Å². The molecule has 3 rings (SSSR count). The van der Waals surface area contributed by atoms with Crippen LogP contribution < -0.4 is 0 Å². The average Bonchev–Trinajstić information content (AvgIpc) is 2.90. The Kier molecular flexibility index (Phi) is 6.27. The van der Waals surface area contributed by atoms with Crippen LogP contribution in [0, 0.1) is 5.92 Å². The molecule has 2 amide bonds. The van der Waals surface area contributed by atoms with Crippen LogP contribution in [-0.4, -0.2) is 67.7 Å². The van der Waals surface area contributed by atoms with E-state index in [2.05, 4.69) is 0 Å². The molecule has 2 fully saturated rings. The molecule has 6 heteroatoms. The third kappa shape index (κ3) is 4.07. The minimum absolute atomic E-state index is 0.0192. The summed E-state index contributed by atoms with van der Waals surface area (Å²) in [5.74, 6) is -0.186. The van der Waals surface area contributed by atoms with Crippen molar-refractivity contribution in [3.63, 3.8) is 0 Å². The van der Waals surface area contributed by atoms with Gasteiger partial charge in [-0.3, -0.25) is 9.59 Å². The molecule has 0 spiro atoms. The molecule has 0 saturated carbocycles. The van der Waals surface area contributed by atoms with Crippen molar-refractivity contribution in [2.45, 2.75) is 31.8 Å². The number of benzene rings is 1. The van der Waals surface area contributed by atoms with Crippen LogP contribution in [0.5, 0.6) is 0 Å². The fraction of sp³-hybridized carbons (Fsp3) is 0.600. The number of carbonyl (C=O) groups excluding carboxylic acids is 2. The molecule has 2 heterocycles. The number of hydrogen-bond donors (Lipinski definition) is 0. The molecule has 2 aliphatic rings. The van der Waals surface area contributed by atoms with Gasteiger partial charge in [-0.15, -0.1) is 0 Å². The molecule has 1 aromatic rings. The van der Waals surface area contributed by atoms with Gasteiger partial charge in [0.05, 0.1) is 31.2 Å². The highest BCUT2D eigenvalue weighted by atomic mass is 16.5. The second kappa shape index (κ2) is 8.64. The van der Waals surface area contributed by atoms with Crippen molar-refractivity contribution < 1.29 is 19.1 Å². The Labute approximate surface area is 155 Å². The molecule has 2 aliphatic heterocycles. The number of carbonyl (C=O) groups is 2. The lowest BCUT2D eigenvalue weighted by Crippen LogP contribution is -2.46. The van der Waals surface area contributed by atoms with Crippen LogP contribution in [0.2, 0.25) is 0 Å². The van der Waals surface area contributed by atoms with Crippen LogP contribution in [0.1, 0.15) is 31.4 Å². The van der Waals surface area contributed by atoms with E-state index in [4.69, 9.17) is 9.47 Å². The molecule has 0 aliphatic carbocycles. The summed E-state index contributed by atoms with van der Waals surface area (Å²) in [6.07, 6.45) is 1.05. The summed E-state index contributed by atoms with van der Waals surface area (Å²) in [6, 6.07) is 9.95. The van der Waals surface area contributed by atoms with E-state index < -0.39 is 0 Å². The second-order valence-corrected chi connectivity index (χ2v) is 7.08. The van der Waals surface area contributed by atoms with Gasteiger partial charge in [-0.05, 0) is 18.9 Å². The summed E-state index contributed by atoms with van der Waals surface area (Å²) < 4.78 is 10.8. The maximum atomic E-state index is 13.1. The predicted octanol–water partition coefficient (Wildman–Crippen LogP) is 1.86. The first-order valence-electron chi connectivity index (χ1n) is 9.33. The average molecular weight is 360 g/mol. The highest BCUT2D eigenvalue weighted by Crippen LogP contribution is 2.30. The van der Waals surface area contributed by atoms with Gasteiger partial charge in [0.15, 0.2) is 0 Å². The van der Waals surface area contributed by atoms with Crippen LogP contribution in [0.3, 0.4) is 0 Å². The van der Waals surface area contributed by atoms with E-state index >= 15 is 0 Å². The molecule has 3 atom stereocenters. The van der Waals surface area contributed by atoms with E-state index in [9.17, 15) is 9.59 Å². The van der Waals surface area contributed by atoms with Gasteiger partial charge in [-0.25, -0.2) is 0 Å². The van der Waals surface area contributed by atoms with Crippen LogP contribution in [-0.2, 0) is 19.1 Å². The largest absolute Gasteiger partial charge is 0.383 e. The van der Waals surface area contributed by atoms with Crippen molar-refractivity contribution in [3.8, 4) is 0 Å². The number of methoxy groups -OCH3 is 1. The summed E-state index contributed by atoms with van der Waals surface area (Å²) in [7, 11) is 1.65. The normalized spacial score (nSPS) is 25.2. The molecule has 2 saturated heterocycles. The van der Waals surface area contributed by atoms with Crippen molar-refractivity contribution in [1.29, 1.82) is 0 Å². The Morgan fingerprint density at radius 2 is 2.08 bits per heavy atom. The van der Waals surface area contributed by atoms with Gasteiger partial charge in [-0.2, -0.15) is 0 Å². The van der Waals surface area contributed by atoms with Crippen LogP contribution in [0.15, 0.2) is 30.3 Å². The van der Waals surface area contributed by atoms with Crippen molar-refractivity contribution in [2.75, 3.05) is 40.0 Å². The number of nitrogens with zero attached hydrogens (tertiary/aromatic N) is 2. The molecular weight excluding hydrogens is 332 g/mol. The minimum Gasteiger partial charge on any atom is -0.383 e. The third-order valence-corrected chi connectivity index (χ3v) is 5.41. The molecule has 0 radical (unpaired) electrons. The van der Waals surface area contributed by atoms with Gasteiger partial charge in [0.1, 0.15) is 0 Å². The first kappa shape index (κ1) is 18.9. The van der Waals surface area contributed by atoms with E-state index in [-0.39, 0.29) is 36.2 Å². The Morgan fingerprint density at radius 3 is 2.81 bits per heavy atom. The molecule has 3 unspecified atom stereocenters. The first-order chi connectivity index (χ1) is 12.6. The zero-order chi connectivity index (χ0) is 18.5. The van der Waals surface area contributed by atoms with E-state index in [1.807, 2.05) is 47.1 Å². The van der Waals surface area contributed by atoms with Crippen LogP contribution in [0.25, 0.3) is 0 Å². The standard InChI is InChI=1S/C20H28N2O4/c1-15(16-6-4-3-5-7-16)22-13-17(12-19(22)23)20(24)21-9-11-26-10-8-18(21)14-25-2/h3-7,15,17-18H,8-14H2,1-2H3. The van der Waals surface area contributed by atoms with E-state index in [1.54, 1.807) is 7.11 Å². The van der Waals surface area contributed by atoms with Crippen molar-refractivity contribution in [2.24, 2.45) is 5.92 Å². The van der Waals surface area contributed by atoms with Gasteiger partial charge in [-0.1, -0.05) is 30.3 Å². The van der Waals surface area contributed by atoms with E-state index in [0.717, 1.165) is 12.0 Å². The molecule has 0 aromatic heterocycles. The zero-order valence-corrected chi connectivity index (χ0v) is 15.6. The summed E-state index contributed by atoms with van der Waals surface area (Å²) in [4.78, 5) is 29.4. The molecule has 6 nitrogen and oxygen atoms in total. The summed E-state index contributed by atoms with van der Waals surface area (Å²) in [5, 5.41) is 0. The lowest BCUT2D eigenvalue weighted by molar-refractivity contribution is -0.139. The second-order valence-electron chi connectivity index (χ2n) is 7.08. The molecular formula is C20H28N2O4. The molecule has 26 heavy (non-hydrogen) atoms. The first-order valence-corrected chi connectivity index (χ1v) is 9.33. The Morgan fingerprint density at radius 1 is 1.31 bits per heavy atom. The van der Waals surface area contributed by atoms with Gasteiger partial charge < -0.3 is 19.3 Å². The van der Waals surface area contributed by atoms with Gasteiger partial charge in [0.25, 0.3) is 0 Å². The van der Waals surface area contributed by atoms with Crippen LogP contribution >= 0.6 is 0 Å². The van der Waals surface area contributed by atoms with Crippen molar-refractivity contribution in [3.05, 3.63) is 35.9 Å². The van der Waals surface area contributed by atoms with Crippen molar-refractivity contribution >= 4 is 11.8 Å². The van der Waals surface area contributed by atoms with Crippen molar-refractivity contribution in [1.82, 2.24) is 9.80 Å². The van der Waals surface area contributed by atoms with E-state index in [1.165, 1.54) is 0 Å². The van der Waals surface area contributed by atoms with Gasteiger partial charge in [0, 0.05) is 33.2 Å². The summed E-state index contributed by atoms with van der Waals surface area (Å²) in [6.45, 7) is 4.74. The maximum Gasteiger partial charge on any atom is 0.228 e. The predicted molar refractivity (Wildman–Crippen MR) is 97.5 cm³/mol. The number of amides is 2. The smallest absolute Gasteiger partial charge is 0.228 e. The maximum absolute atomic E-state index is 13.1. The van der Waals surface area contributed by atoms with E-state index in [0.29, 0.717) is 32.9 Å². The number of hydrogen-bond acceptors (Lipinski definition) is 4. The third-order valence-electron chi connectivity index (χ3n) is 5.41. The Hall–Kier alpha value is -1.92. The summed E-state index contributed by atoms with van der Waals surface area (Å²) >= 11 is 0. The monoisotopic (exact) mass is 360 g/mol. The number of ether oxygens (including phenoxy) is 2. The Bertz CT molecular complexity index is 621. The molecule has 142 valence electrons. The Balaban J connectivity index is 1.69. The molecule has 1 aromatic carbocycles. The fourth-order valence-electron chi connectivity index (χ4n) is 3.90. The highest BCUT2D eigenvalue weighted by molar-refractivity contribution is 5.89. The fourth-order valence-corrected chi connectivity index (χ4v) is 3.90. The molecule has 0 bridgehead atoms. The number of rotatable bonds is 5. The van der Waals surface area contributed by atoms with Gasteiger partial charge in [0.2, 0.25) is 11.8 Å². The quantitative estimate of drug-likeness (QED) is 0.804. The lowest BCUT2D eigenvalue weighted by Gasteiger charge is -2.31. The molecule has 0 N–H and O–H groups in total. The highest BCUT2D eigenvalue weighted by Gasteiger charge is 2.40. The summed E-state index contributed by atoms with van der Waals surface area (Å²) in [5.41, 5.74) is 1.09.